The Morgan fingerprint density at radius 1 is 1.03 bits per heavy atom. The predicted molar refractivity (Wildman–Crippen MR) is 132 cm³/mol. The number of benzene rings is 1. The van der Waals surface area contributed by atoms with Crippen molar-refractivity contribution < 1.29 is 29.0 Å². The summed E-state index contributed by atoms with van der Waals surface area (Å²) in [5.74, 6) is -0.295. The van der Waals surface area contributed by atoms with Crippen molar-refractivity contribution in [1.29, 1.82) is 0 Å². The van der Waals surface area contributed by atoms with Gasteiger partial charge in [0.25, 0.3) is 0 Å². The van der Waals surface area contributed by atoms with Gasteiger partial charge in [0, 0.05) is 9.75 Å². The molecule has 1 atom stereocenters. The van der Waals surface area contributed by atoms with E-state index in [-0.39, 0.29) is 25.7 Å². The van der Waals surface area contributed by atoms with Crippen LogP contribution in [-0.4, -0.2) is 41.3 Å². The average molecular weight is 516 g/mol. The summed E-state index contributed by atoms with van der Waals surface area (Å²) in [6.45, 7) is 2.34. The first-order valence-corrected chi connectivity index (χ1v) is 12.6. The molecule has 4 rings (SSSR count). The molecule has 1 aliphatic rings. The monoisotopic (exact) mass is 515 g/mol. The molecular weight excluding hydrogens is 490 g/mol. The lowest BCUT2D eigenvalue weighted by Crippen LogP contribution is -2.51. The summed E-state index contributed by atoms with van der Waals surface area (Å²) in [6.07, 6.45) is -0.364. The summed E-state index contributed by atoms with van der Waals surface area (Å²) in [6, 6.07) is 12.1. The van der Waals surface area contributed by atoms with Crippen LogP contribution in [0.3, 0.4) is 0 Å². The smallest absolute Gasteiger partial charge is 0.315 e. The molecule has 2 aromatic heterocycles. The zero-order valence-electron chi connectivity index (χ0n) is 19.0. The van der Waals surface area contributed by atoms with Crippen molar-refractivity contribution in [3.63, 3.8) is 0 Å². The first-order valence-electron chi connectivity index (χ1n) is 10.8. The second-order valence-electron chi connectivity index (χ2n) is 8.19. The van der Waals surface area contributed by atoms with Gasteiger partial charge in [-0.25, -0.2) is 4.79 Å². The minimum atomic E-state index is -1.24. The average Bonchev–Trinajstić information content (AvgIpc) is 3.58. The lowest BCUT2D eigenvalue weighted by molar-refractivity contribution is -0.138. The summed E-state index contributed by atoms with van der Waals surface area (Å²) in [5, 5.41) is 18.7. The van der Waals surface area contributed by atoms with Crippen molar-refractivity contribution in [1.82, 2.24) is 15.5 Å². The van der Waals surface area contributed by atoms with Crippen LogP contribution in [0.15, 0.2) is 53.2 Å². The highest BCUT2D eigenvalue weighted by molar-refractivity contribution is 7.10. The summed E-state index contributed by atoms with van der Waals surface area (Å²) in [5.41, 5.74) is -0.698. The van der Waals surface area contributed by atoms with Gasteiger partial charge in [-0.2, -0.15) is 0 Å². The fourth-order valence-corrected chi connectivity index (χ4v) is 5.18. The van der Waals surface area contributed by atoms with Crippen molar-refractivity contribution in [3.8, 4) is 11.5 Å². The van der Waals surface area contributed by atoms with E-state index >= 15 is 0 Å². The number of ether oxygens (including phenoxy) is 2. The van der Waals surface area contributed by atoms with Gasteiger partial charge in [0.05, 0.1) is 31.6 Å². The van der Waals surface area contributed by atoms with Crippen LogP contribution in [0.25, 0.3) is 0 Å². The van der Waals surface area contributed by atoms with Crippen LogP contribution in [0, 0.1) is 0 Å². The SMILES string of the molecule is C[C@](CC(=O)O)(NC(=O)NCC(=O)N(Cc1cccs1)Cc1cccs1)c1ccc2c(c1)OCO2. The zero-order chi connectivity index (χ0) is 24.8. The van der Waals surface area contributed by atoms with E-state index in [1.165, 1.54) is 0 Å². The van der Waals surface area contributed by atoms with Crippen LogP contribution in [-0.2, 0) is 28.2 Å². The Hall–Kier alpha value is -3.57. The third-order valence-electron chi connectivity index (χ3n) is 5.51. The van der Waals surface area contributed by atoms with E-state index in [2.05, 4.69) is 10.6 Å². The van der Waals surface area contributed by atoms with Gasteiger partial charge in [-0.05, 0) is 47.5 Å². The number of nitrogens with zero attached hydrogens (tertiary/aromatic N) is 1. The topological polar surface area (TPSA) is 117 Å². The van der Waals surface area contributed by atoms with E-state index in [0.29, 0.717) is 30.2 Å². The van der Waals surface area contributed by atoms with Gasteiger partial charge in [-0.1, -0.05) is 18.2 Å². The Bertz CT molecular complexity index is 1150. The molecule has 184 valence electrons. The first-order chi connectivity index (χ1) is 16.8. The molecule has 3 aromatic rings. The minimum Gasteiger partial charge on any atom is -0.481 e. The molecule has 0 aliphatic carbocycles. The Morgan fingerprint density at radius 2 is 1.69 bits per heavy atom. The number of rotatable bonds is 10. The highest BCUT2D eigenvalue weighted by Crippen LogP contribution is 2.36. The largest absolute Gasteiger partial charge is 0.481 e. The first kappa shape index (κ1) is 24.6. The molecule has 0 spiro atoms. The third kappa shape index (κ3) is 6.31. The van der Waals surface area contributed by atoms with Gasteiger partial charge < -0.3 is 30.1 Å². The van der Waals surface area contributed by atoms with Gasteiger partial charge in [0.15, 0.2) is 11.5 Å². The standard InChI is InChI=1S/C24H25N3O6S2/c1-24(11-22(29)30,16-6-7-19-20(10-16)33-15-32-19)26-23(31)25-12-21(28)27(13-17-4-2-8-34-17)14-18-5-3-9-35-18/h2-10H,11-15H2,1H3,(H,29,30)(H2,25,26,31)/t24-/m1/s1. The number of carboxylic acids is 1. The maximum absolute atomic E-state index is 13.0. The summed E-state index contributed by atoms with van der Waals surface area (Å²) >= 11 is 3.12. The number of nitrogens with one attached hydrogen (secondary N) is 2. The molecule has 9 nitrogen and oxygen atoms in total. The molecule has 35 heavy (non-hydrogen) atoms. The van der Waals surface area contributed by atoms with Crippen LogP contribution < -0.4 is 20.1 Å². The van der Waals surface area contributed by atoms with Gasteiger partial charge >= 0.3 is 12.0 Å². The quantitative estimate of drug-likeness (QED) is 0.379. The number of fused-ring (bicyclic) bond motifs is 1. The zero-order valence-corrected chi connectivity index (χ0v) is 20.6. The van der Waals surface area contributed by atoms with Crippen LogP contribution in [0.2, 0.25) is 0 Å². The number of carbonyl (C=O) groups excluding carboxylic acids is 2. The maximum Gasteiger partial charge on any atom is 0.315 e. The third-order valence-corrected chi connectivity index (χ3v) is 7.23. The van der Waals surface area contributed by atoms with E-state index in [0.717, 1.165) is 9.75 Å². The van der Waals surface area contributed by atoms with E-state index in [9.17, 15) is 19.5 Å². The summed E-state index contributed by atoms with van der Waals surface area (Å²) < 4.78 is 10.7. The molecule has 0 unspecified atom stereocenters. The molecule has 3 amide bonds. The number of hydrogen-bond donors (Lipinski definition) is 3. The van der Waals surface area contributed by atoms with Gasteiger partial charge in [0.2, 0.25) is 12.7 Å². The molecule has 0 bridgehead atoms. The van der Waals surface area contributed by atoms with Crippen LogP contribution in [0.1, 0.15) is 28.7 Å². The van der Waals surface area contributed by atoms with Crippen molar-refractivity contribution in [2.45, 2.75) is 32.0 Å². The molecule has 1 aromatic carbocycles. The van der Waals surface area contributed by atoms with E-state index in [1.54, 1.807) is 52.7 Å². The van der Waals surface area contributed by atoms with Gasteiger partial charge in [0.1, 0.15) is 0 Å². The second-order valence-corrected chi connectivity index (χ2v) is 10.3. The molecular formula is C24H25N3O6S2. The maximum atomic E-state index is 13.0. The molecule has 0 radical (unpaired) electrons. The molecule has 1 aliphatic heterocycles. The van der Waals surface area contributed by atoms with Crippen molar-refractivity contribution in [2.24, 2.45) is 0 Å². The van der Waals surface area contributed by atoms with E-state index in [1.807, 2.05) is 35.0 Å². The minimum absolute atomic E-state index is 0.0813. The highest BCUT2D eigenvalue weighted by atomic mass is 32.1. The number of amides is 3. The Labute approximate surface area is 210 Å². The predicted octanol–water partition coefficient (Wildman–Crippen LogP) is 3.76. The lowest BCUT2D eigenvalue weighted by atomic mass is 9.88. The van der Waals surface area contributed by atoms with Crippen molar-refractivity contribution in [3.05, 3.63) is 68.5 Å². The molecule has 0 fully saturated rings. The number of aliphatic carboxylic acids is 1. The summed E-state index contributed by atoms with van der Waals surface area (Å²) in [4.78, 5) is 41.1. The van der Waals surface area contributed by atoms with Gasteiger partial charge in [-0.3, -0.25) is 9.59 Å². The van der Waals surface area contributed by atoms with Crippen molar-refractivity contribution >= 4 is 40.6 Å². The molecule has 3 heterocycles. The fraction of sp³-hybridized carbons (Fsp3) is 0.292. The Kier molecular flexibility index (Phi) is 7.57. The van der Waals surface area contributed by atoms with E-state index in [4.69, 9.17) is 9.47 Å². The number of carbonyl (C=O) groups is 3. The molecule has 11 heteroatoms. The number of urea groups is 1. The molecule has 3 N–H and O–H groups in total. The molecule has 0 saturated heterocycles. The second kappa shape index (κ2) is 10.8. The van der Waals surface area contributed by atoms with Crippen LogP contribution in [0.4, 0.5) is 4.79 Å². The van der Waals surface area contributed by atoms with Crippen molar-refractivity contribution in [2.75, 3.05) is 13.3 Å². The lowest BCUT2D eigenvalue weighted by Gasteiger charge is -2.30. The Morgan fingerprint density at radius 3 is 2.29 bits per heavy atom. The fourth-order valence-electron chi connectivity index (χ4n) is 3.74. The molecule has 0 saturated carbocycles. The Balaban J connectivity index is 1.42. The highest BCUT2D eigenvalue weighted by Gasteiger charge is 2.33. The van der Waals surface area contributed by atoms with Crippen LogP contribution in [0.5, 0.6) is 11.5 Å². The number of thiophene rings is 2. The van der Waals surface area contributed by atoms with Crippen LogP contribution >= 0.6 is 22.7 Å². The van der Waals surface area contributed by atoms with E-state index < -0.39 is 17.5 Å². The number of hydrogen-bond acceptors (Lipinski definition) is 7. The normalized spacial score (nSPS) is 13.6. The summed E-state index contributed by atoms with van der Waals surface area (Å²) in [7, 11) is 0. The number of carboxylic acid groups (broad SMARTS) is 1. The van der Waals surface area contributed by atoms with Gasteiger partial charge in [-0.15, -0.1) is 22.7 Å².